The molecule has 7 nitrogen and oxygen atoms in total. The van der Waals surface area contributed by atoms with Crippen molar-refractivity contribution in [3.63, 3.8) is 0 Å². The molecule has 0 aliphatic carbocycles. The summed E-state index contributed by atoms with van der Waals surface area (Å²) in [6, 6.07) is 12.6. The molecule has 0 atom stereocenters. The maximum Gasteiger partial charge on any atom is 0.319 e. The number of hydrogen-bond donors (Lipinski definition) is 2. The van der Waals surface area contributed by atoms with Crippen molar-refractivity contribution >= 4 is 23.3 Å². The molecular formula is C26H29ClFN5O2. The molecule has 184 valence electrons. The predicted molar refractivity (Wildman–Crippen MR) is 134 cm³/mol. The Kier molecular flexibility index (Phi) is 6.92. The molecule has 2 amide bonds. The number of aryl methyl sites for hydroxylation is 1. The number of hydrogen-bond acceptors (Lipinski definition) is 4. The zero-order chi connectivity index (χ0) is 24.4. The van der Waals surface area contributed by atoms with Crippen molar-refractivity contribution < 1.29 is 13.9 Å². The van der Waals surface area contributed by atoms with Crippen LogP contribution in [-0.2, 0) is 13.6 Å². The van der Waals surface area contributed by atoms with Crippen molar-refractivity contribution in [3.8, 4) is 17.0 Å². The highest BCUT2D eigenvalue weighted by Gasteiger charge is 2.38. The number of benzene rings is 2. The van der Waals surface area contributed by atoms with Gasteiger partial charge in [-0.15, -0.1) is 0 Å². The SMILES string of the molecule is Cn1ncc(Cl)c1-c1cc(NC(=O)NCc2ccc(F)cc2)ccc1OCCN1C2CCC1CC2. The van der Waals surface area contributed by atoms with Crippen LogP contribution in [0.4, 0.5) is 14.9 Å². The quantitative estimate of drug-likeness (QED) is 0.448. The van der Waals surface area contributed by atoms with Gasteiger partial charge in [-0.1, -0.05) is 23.7 Å². The van der Waals surface area contributed by atoms with E-state index >= 15 is 0 Å². The van der Waals surface area contributed by atoms with E-state index in [1.165, 1.54) is 37.8 Å². The second-order valence-corrected chi connectivity index (χ2v) is 9.57. The molecule has 5 rings (SSSR count). The average Bonchev–Trinajstić information content (AvgIpc) is 3.53. The first-order chi connectivity index (χ1) is 17.0. The lowest BCUT2D eigenvalue weighted by molar-refractivity contribution is 0.194. The van der Waals surface area contributed by atoms with Gasteiger partial charge in [0, 0.05) is 43.5 Å². The minimum absolute atomic E-state index is 0.284. The number of nitrogens with one attached hydrogen (secondary N) is 2. The highest BCUT2D eigenvalue weighted by atomic mass is 35.5. The maximum absolute atomic E-state index is 13.1. The second kappa shape index (κ2) is 10.3. The minimum atomic E-state index is -0.366. The lowest BCUT2D eigenvalue weighted by atomic mass is 10.0. The third kappa shape index (κ3) is 5.28. The molecule has 35 heavy (non-hydrogen) atoms. The van der Waals surface area contributed by atoms with E-state index in [-0.39, 0.29) is 18.4 Å². The van der Waals surface area contributed by atoms with Gasteiger partial charge in [0.1, 0.15) is 18.2 Å². The molecule has 2 aromatic carbocycles. The molecule has 2 N–H and O–H groups in total. The van der Waals surface area contributed by atoms with Crippen LogP contribution in [0.1, 0.15) is 31.2 Å². The summed E-state index contributed by atoms with van der Waals surface area (Å²) in [4.78, 5) is 15.1. The van der Waals surface area contributed by atoms with E-state index in [9.17, 15) is 9.18 Å². The van der Waals surface area contributed by atoms with Gasteiger partial charge in [-0.2, -0.15) is 5.10 Å². The van der Waals surface area contributed by atoms with Crippen LogP contribution in [0, 0.1) is 5.82 Å². The first-order valence-corrected chi connectivity index (χ1v) is 12.4. The van der Waals surface area contributed by atoms with Gasteiger partial charge in [0.15, 0.2) is 0 Å². The van der Waals surface area contributed by atoms with Crippen LogP contribution < -0.4 is 15.4 Å². The average molecular weight is 498 g/mol. The van der Waals surface area contributed by atoms with Gasteiger partial charge in [0.25, 0.3) is 0 Å². The van der Waals surface area contributed by atoms with E-state index in [2.05, 4.69) is 20.6 Å². The van der Waals surface area contributed by atoms with E-state index in [0.29, 0.717) is 35.2 Å². The molecule has 0 radical (unpaired) electrons. The fraction of sp³-hybridized carbons (Fsp3) is 0.385. The second-order valence-electron chi connectivity index (χ2n) is 9.16. The fourth-order valence-corrected chi connectivity index (χ4v) is 5.51. The van der Waals surface area contributed by atoms with Gasteiger partial charge in [0.05, 0.1) is 16.9 Å². The Hall–Kier alpha value is -3.10. The molecule has 3 heterocycles. The number of anilines is 1. The zero-order valence-electron chi connectivity index (χ0n) is 19.6. The molecule has 1 aromatic heterocycles. The van der Waals surface area contributed by atoms with Gasteiger partial charge >= 0.3 is 6.03 Å². The Morgan fingerprint density at radius 2 is 1.86 bits per heavy atom. The molecule has 9 heteroatoms. The summed E-state index contributed by atoms with van der Waals surface area (Å²) in [5, 5.41) is 10.4. The fourth-order valence-electron chi connectivity index (χ4n) is 5.24. The number of halogens is 2. The Labute approximate surface area is 209 Å². The van der Waals surface area contributed by atoms with Crippen molar-refractivity contribution in [2.24, 2.45) is 7.05 Å². The number of carbonyl (C=O) groups excluding carboxylic acids is 1. The molecule has 3 aromatic rings. The molecule has 2 aliphatic heterocycles. The Balaban J connectivity index is 1.27. The number of fused-ring (bicyclic) bond motifs is 2. The van der Waals surface area contributed by atoms with E-state index in [0.717, 1.165) is 23.4 Å². The third-order valence-corrected chi connectivity index (χ3v) is 7.24. The zero-order valence-corrected chi connectivity index (χ0v) is 20.4. The van der Waals surface area contributed by atoms with Crippen LogP contribution in [0.5, 0.6) is 5.75 Å². The molecule has 2 fully saturated rings. The topological polar surface area (TPSA) is 71.4 Å². The number of urea groups is 1. The van der Waals surface area contributed by atoms with Crippen LogP contribution in [0.3, 0.4) is 0 Å². The predicted octanol–water partition coefficient (Wildman–Crippen LogP) is 5.21. The highest BCUT2D eigenvalue weighted by molar-refractivity contribution is 6.33. The van der Waals surface area contributed by atoms with Crippen LogP contribution in [0.2, 0.25) is 5.02 Å². The molecule has 2 saturated heterocycles. The number of carbonyl (C=O) groups is 1. The molecule has 0 spiro atoms. The summed E-state index contributed by atoms with van der Waals surface area (Å²) in [6.45, 7) is 1.77. The van der Waals surface area contributed by atoms with Crippen LogP contribution in [-0.4, -0.2) is 45.9 Å². The normalized spacial score (nSPS) is 19.2. The summed E-state index contributed by atoms with van der Waals surface area (Å²) in [6.07, 6.45) is 6.78. The number of aromatic nitrogens is 2. The lowest BCUT2D eigenvalue weighted by Gasteiger charge is -2.22. The van der Waals surface area contributed by atoms with Gasteiger partial charge in [-0.25, -0.2) is 9.18 Å². The summed E-state index contributed by atoms with van der Waals surface area (Å²) in [7, 11) is 1.82. The van der Waals surface area contributed by atoms with E-state index in [4.69, 9.17) is 16.3 Å². The molecule has 2 aliphatic rings. The summed E-state index contributed by atoms with van der Waals surface area (Å²) in [5.74, 6) is 0.383. The van der Waals surface area contributed by atoms with Crippen LogP contribution in [0.15, 0.2) is 48.7 Å². The third-order valence-electron chi connectivity index (χ3n) is 6.96. The first kappa shape index (κ1) is 23.6. The summed E-state index contributed by atoms with van der Waals surface area (Å²) in [5.41, 5.74) is 2.88. The minimum Gasteiger partial charge on any atom is -0.492 e. The standard InChI is InChI=1S/C26H29ClFN5O2/c1-32-25(23(27)16-30-32)22-14-19(31-26(34)29-15-17-2-4-18(28)5-3-17)6-11-24(22)35-13-12-33-20-7-8-21(33)10-9-20/h2-6,11,14,16,20-21H,7-10,12-13,15H2,1H3,(H2,29,31,34). The molecule has 0 unspecified atom stereocenters. The molecule has 2 bridgehead atoms. The van der Waals surface area contributed by atoms with E-state index in [1.54, 1.807) is 29.1 Å². The summed E-state index contributed by atoms with van der Waals surface area (Å²) < 4.78 is 21.0. The van der Waals surface area contributed by atoms with Crippen molar-refractivity contribution in [1.82, 2.24) is 20.0 Å². The monoisotopic (exact) mass is 497 g/mol. The van der Waals surface area contributed by atoms with Crippen LogP contribution in [0.25, 0.3) is 11.3 Å². The van der Waals surface area contributed by atoms with Crippen LogP contribution >= 0.6 is 11.6 Å². The maximum atomic E-state index is 13.1. The number of amides is 2. The number of nitrogens with zero attached hydrogens (tertiary/aromatic N) is 3. The molecule has 0 saturated carbocycles. The Bertz CT molecular complexity index is 1160. The number of rotatable bonds is 8. The Morgan fingerprint density at radius 3 is 2.51 bits per heavy atom. The summed E-state index contributed by atoms with van der Waals surface area (Å²) >= 11 is 6.45. The molecular weight excluding hydrogens is 469 g/mol. The van der Waals surface area contributed by atoms with Crippen molar-refractivity contribution in [2.75, 3.05) is 18.5 Å². The van der Waals surface area contributed by atoms with Gasteiger partial charge in [-0.3, -0.25) is 9.58 Å². The lowest BCUT2D eigenvalue weighted by Crippen LogP contribution is -2.32. The van der Waals surface area contributed by atoms with Crippen molar-refractivity contribution in [1.29, 1.82) is 0 Å². The first-order valence-electron chi connectivity index (χ1n) is 12.0. The highest BCUT2D eigenvalue weighted by Crippen LogP contribution is 2.38. The Morgan fingerprint density at radius 1 is 1.14 bits per heavy atom. The largest absolute Gasteiger partial charge is 0.492 e. The van der Waals surface area contributed by atoms with Gasteiger partial charge < -0.3 is 15.4 Å². The smallest absolute Gasteiger partial charge is 0.319 e. The van der Waals surface area contributed by atoms with E-state index < -0.39 is 0 Å². The van der Waals surface area contributed by atoms with Gasteiger partial charge in [-0.05, 0) is 61.6 Å². The van der Waals surface area contributed by atoms with Gasteiger partial charge in [0.2, 0.25) is 0 Å². The van der Waals surface area contributed by atoms with Crippen molar-refractivity contribution in [2.45, 2.75) is 44.3 Å². The van der Waals surface area contributed by atoms with E-state index in [1.807, 2.05) is 19.2 Å². The van der Waals surface area contributed by atoms with Crippen molar-refractivity contribution in [3.05, 3.63) is 65.1 Å². The number of ether oxygens (including phenoxy) is 1.